The van der Waals surface area contributed by atoms with E-state index in [1.54, 1.807) is 38.4 Å². The summed E-state index contributed by atoms with van der Waals surface area (Å²) in [5.74, 6) is 0.630. The van der Waals surface area contributed by atoms with Gasteiger partial charge >= 0.3 is 0 Å². The van der Waals surface area contributed by atoms with Crippen LogP contribution < -0.4 is 9.46 Å². The Bertz CT molecular complexity index is 984. The standard InChI is InChI=1S/C18H18N2O3S/c1-13-9-16(23-2)7-8-18(13)24(21,22)20-12-14-10-15-5-3-4-6-17(15)19-11-14/h3-11,20H,12H2,1-2H3. The van der Waals surface area contributed by atoms with Crippen LogP contribution in [0.3, 0.4) is 0 Å². The number of fused-ring (bicyclic) bond motifs is 1. The molecule has 24 heavy (non-hydrogen) atoms. The monoisotopic (exact) mass is 342 g/mol. The van der Waals surface area contributed by atoms with Gasteiger partial charge in [0.05, 0.1) is 17.5 Å². The summed E-state index contributed by atoms with van der Waals surface area (Å²) in [7, 11) is -2.05. The van der Waals surface area contributed by atoms with E-state index < -0.39 is 10.0 Å². The number of ether oxygens (including phenoxy) is 1. The number of methoxy groups -OCH3 is 1. The first-order chi connectivity index (χ1) is 11.5. The van der Waals surface area contributed by atoms with Gasteiger partial charge in [-0.15, -0.1) is 0 Å². The number of rotatable bonds is 5. The maximum Gasteiger partial charge on any atom is 0.241 e. The molecule has 0 saturated carbocycles. The molecular weight excluding hydrogens is 324 g/mol. The lowest BCUT2D eigenvalue weighted by Gasteiger charge is -2.11. The number of nitrogens with one attached hydrogen (secondary N) is 1. The Morgan fingerprint density at radius 1 is 1.12 bits per heavy atom. The van der Waals surface area contributed by atoms with E-state index in [1.165, 1.54) is 0 Å². The molecule has 1 aromatic heterocycles. The zero-order valence-corrected chi connectivity index (χ0v) is 14.3. The van der Waals surface area contributed by atoms with Gasteiger partial charge in [-0.05, 0) is 48.4 Å². The number of pyridine rings is 1. The normalized spacial score (nSPS) is 11.6. The quantitative estimate of drug-likeness (QED) is 0.774. The minimum atomic E-state index is -3.60. The molecule has 0 unspecified atom stereocenters. The highest BCUT2D eigenvalue weighted by Crippen LogP contribution is 2.21. The van der Waals surface area contributed by atoms with E-state index in [2.05, 4.69) is 9.71 Å². The van der Waals surface area contributed by atoms with Crippen LogP contribution in [0.5, 0.6) is 5.75 Å². The van der Waals surface area contributed by atoms with Gasteiger partial charge in [0, 0.05) is 18.1 Å². The van der Waals surface area contributed by atoms with Gasteiger partial charge in [0.1, 0.15) is 5.75 Å². The van der Waals surface area contributed by atoms with Crippen LogP contribution in [-0.4, -0.2) is 20.5 Å². The Morgan fingerprint density at radius 3 is 2.67 bits per heavy atom. The van der Waals surface area contributed by atoms with Crippen LogP contribution in [0.2, 0.25) is 0 Å². The smallest absolute Gasteiger partial charge is 0.241 e. The molecule has 3 aromatic rings. The Kier molecular flexibility index (Phi) is 4.51. The van der Waals surface area contributed by atoms with Crippen LogP contribution in [0, 0.1) is 6.92 Å². The average molecular weight is 342 g/mol. The lowest BCUT2D eigenvalue weighted by Crippen LogP contribution is -2.24. The number of sulfonamides is 1. The molecule has 0 aliphatic rings. The van der Waals surface area contributed by atoms with Crippen LogP contribution in [0.25, 0.3) is 10.9 Å². The molecule has 0 saturated heterocycles. The highest BCUT2D eigenvalue weighted by atomic mass is 32.2. The van der Waals surface area contributed by atoms with Crippen LogP contribution >= 0.6 is 0 Å². The number of para-hydroxylation sites is 1. The molecule has 2 aromatic carbocycles. The lowest BCUT2D eigenvalue weighted by atomic mass is 10.2. The highest BCUT2D eigenvalue weighted by molar-refractivity contribution is 7.89. The molecule has 0 aliphatic heterocycles. The van der Waals surface area contributed by atoms with Crippen LogP contribution in [0.15, 0.2) is 59.6 Å². The Balaban J connectivity index is 1.81. The molecular formula is C18H18N2O3S. The van der Waals surface area contributed by atoms with Gasteiger partial charge in [-0.2, -0.15) is 0 Å². The van der Waals surface area contributed by atoms with Crippen molar-refractivity contribution in [3.8, 4) is 5.75 Å². The van der Waals surface area contributed by atoms with Crippen molar-refractivity contribution in [3.05, 3.63) is 65.9 Å². The predicted molar refractivity (Wildman–Crippen MR) is 93.5 cm³/mol. The summed E-state index contributed by atoms with van der Waals surface area (Å²) in [5.41, 5.74) is 2.33. The van der Waals surface area contributed by atoms with Gasteiger partial charge in [0.15, 0.2) is 0 Å². The maximum atomic E-state index is 12.5. The van der Waals surface area contributed by atoms with Gasteiger partial charge in [0.25, 0.3) is 0 Å². The molecule has 5 nitrogen and oxygen atoms in total. The molecule has 1 heterocycles. The van der Waals surface area contributed by atoms with Gasteiger partial charge in [-0.3, -0.25) is 4.98 Å². The van der Waals surface area contributed by atoms with Crippen molar-refractivity contribution in [2.45, 2.75) is 18.4 Å². The summed E-state index contributed by atoms with van der Waals surface area (Å²) in [6, 6.07) is 14.5. The summed E-state index contributed by atoms with van der Waals surface area (Å²) >= 11 is 0. The van der Waals surface area contributed by atoms with Crippen LogP contribution in [-0.2, 0) is 16.6 Å². The number of hydrogen-bond donors (Lipinski definition) is 1. The molecule has 124 valence electrons. The first kappa shape index (κ1) is 16.4. The molecule has 0 fully saturated rings. The second-order valence-corrected chi connectivity index (χ2v) is 7.23. The highest BCUT2D eigenvalue weighted by Gasteiger charge is 2.17. The Morgan fingerprint density at radius 2 is 1.92 bits per heavy atom. The number of benzene rings is 2. The van der Waals surface area contributed by atoms with Crippen molar-refractivity contribution in [2.75, 3.05) is 7.11 Å². The SMILES string of the molecule is COc1ccc(S(=O)(=O)NCc2cnc3ccccc3c2)c(C)c1. The third-order valence-electron chi connectivity index (χ3n) is 3.79. The molecule has 0 bridgehead atoms. The van der Waals surface area contributed by atoms with Crippen LogP contribution in [0.1, 0.15) is 11.1 Å². The number of aryl methyl sites for hydroxylation is 1. The number of hydrogen-bond acceptors (Lipinski definition) is 4. The van der Waals surface area contributed by atoms with Crippen LogP contribution in [0.4, 0.5) is 0 Å². The Labute approximate surface area is 141 Å². The fourth-order valence-corrected chi connectivity index (χ4v) is 3.76. The summed E-state index contributed by atoms with van der Waals surface area (Å²) < 4.78 is 32.8. The van der Waals surface area contributed by atoms with Gasteiger partial charge < -0.3 is 4.74 Å². The summed E-state index contributed by atoms with van der Waals surface area (Å²) in [5, 5.41) is 0.981. The first-order valence-electron chi connectivity index (χ1n) is 7.47. The Hall–Kier alpha value is -2.44. The van der Waals surface area contributed by atoms with Crippen molar-refractivity contribution < 1.29 is 13.2 Å². The van der Waals surface area contributed by atoms with Crippen molar-refractivity contribution >= 4 is 20.9 Å². The fraction of sp³-hybridized carbons (Fsp3) is 0.167. The largest absolute Gasteiger partial charge is 0.497 e. The zero-order valence-electron chi connectivity index (χ0n) is 13.5. The summed E-state index contributed by atoms with van der Waals surface area (Å²) in [6.45, 7) is 1.93. The second-order valence-electron chi connectivity index (χ2n) is 5.49. The third kappa shape index (κ3) is 3.39. The van der Waals surface area contributed by atoms with Crippen molar-refractivity contribution in [2.24, 2.45) is 0 Å². The van der Waals surface area contributed by atoms with Crippen molar-refractivity contribution in [3.63, 3.8) is 0 Å². The van der Waals surface area contributed by atoms with E-state index in [9.17, 15) is 8.42 Å². The van der Waals surface area contributed by atoms with E-state index in [4.69, 9.17) is 4.74 Å². The minimum Gasteiger partial charge on any atom is -0.497 e. The molecule has 0 spiro atoms. The fourth-order valence-electron chi connectivity index (χ4n) is 2.52. The van der Waals surface area contributed by atoms with E-state index in [0.717, 1.165) is 16.5 Å². The third-order valence-corrected chi connectivity index (χ3v) is 5.35. The van der Waals surface area contributed by atoms with Gasteiger partial charge in [-0.1, -0.05) is 18.2 Å². The molecule has 6 heteroatoms. The lowest BCUT2D eigenvalue weighted by molar-refractivity contribution is 0.414. The minimum absolute atomic E-state index is 0.186. The van der Waals surface area contributed by atoms with E-state index in [0.29, 0.717) is 11.3 Å². The number of nitrogens with zero attached hydrogens (tertiary/aromatic N) is 1. The van der Waals surface area contributed by atoms with Crippen molar-refractivity contribution in [1.29, 1.82) is 0 Å². The van der Waals surface area contributed by atoms with E-state index in [-0.39, 0.29) is 11.4 Å². The maximum absolute atomic E-state index is 12.5. The average Bonchev–Trinajstić information content (AvgIpc) is 2.59. The molecule has 0 atom stereocenters. The summed E-state index contributed by atoms with van der Waals surface area (Å²) in [4.78, 5) is 4.59. The van der Waals surface area contributed by atoms with Gasteiger partial charge in [-0.25, -0.2) is 13.1 Å². The molecule has 0 radical (unpaired) electrons. The topological polar surface area (TPSA) is 68.3 Å². The first-order valence-corrected chi connectivity index (χ1v) is 8.96. The van der Waals surface area contributed by atoms with E-state index in [1.807, 2.05) is 30.3 Å². The molecule has 1 N–H and O–H groups in total. The summed E-state index contributed by atoms with van der Waals surface area (Å²) in [6.07, 6.45) is 1.69. The predicted octanol–water partition coefficient (Wildman–Crippen LogP) is 3.03. The van der Waals surface area contributed by atoms with E-state index >= 15 is 0 Å². The molecule has 0 aliphatic carbocycles. The zero-order chi connectivity index (χ0) is 17.2. The molecule has 3 rings (SSSR count). The van der Waals surface area contributed by atoms with Gasteiger partial charge in [0.2, 0.25) is 10.0 Å². The number of aromatic nitrogens is 1. The van der Waals surface area contributed by atoms with Crippen molar-refractivity contribution in [1.82, 2.24) is 9.71 Å². The second kappa shape index (κ2) is 6.59. The molecule has 0 amide bonds.